The van der Waals surface area contributed by atoms with Crippen molar-refractivity contribution in [3.63, 3.8) is 0 Å². The van der Waals surface area contributed by atoms with Gasteiger partial charge < -0.3 is 5.73 Å². The summed E-state index contributed by atoms with van der Waals surface area (Å²) >= 11 is 4.64. The van der Waals surface area contributed by atoms with Crippen molar-refractivity contribution in [1.82, 2.24) is 0 Å². The Labute approximate surface area is 74.2 Å². The molecule has 0 unspecified atom stereocenters. The number of hydrogen-bond acceptors (Lipinski definition) is 1. The van der Waals surface area contributed by atoms with Crippen LogP contribution in [0.3, 0.4) is 0 Å². The number of benzene rings is 1. The molecule has 1 aromatic carbocycles. The van der Waals surface area contributed by atoms with Crippen LogP contribution in [-0.4, -0.2) is 4.99 Å². The monoisotopic (exact) mass is 187 g/mol. The van der Waals surface area contributed by atoms with Gasteiger partial charge in [0.15, 0.2) is 0 Å². The maximum absolute atomic E-state index is 12.1. The molecule has 0 bridgehead atoms. The zero-order chi connectivity index (χ0) is 9.14. The van der Waals surface area contributed by atoms with Gasteiger partial charge in [-0.1, -0.05) is 30.4 Å². The minimum absolute atomic E-state index is 0.0553. The van der Waals surface area contributed by atoms with E-state index in [2.05, 4.69) is 12.2 Å². The van der Waals surface area contributed by atoms with Gasteiger partial charge >= 0.3 is 0 Å². The Hall–Kier alpha value is -1.03. The Morgan fingerprint density at radius 3 is 2.58 bits per heavy atom. The Balaban J connectivity index is 3.04. The first kappa shape index (κ1) is 9.06. The fraction of sp³-hybridized carbons (Fsp3) is 0.125. The lowest BCUT2D eigenvalue weighted by Crippen LogP contribution is -2.09. The molecule has 0 saturated carbocycles. The highest BCUT2D eigenvalue weighted by Gasteiger charge is 2.07. The minimum Gasteiger partial charge on any atom is -0.389 e. The maximum Gasteiger partial charge on any atom is 0.263 e. The Bertz CT molecular complexity index is 299. The summed E-state index contributed by atoms with van der Waals surface area (Å²) in [6.07, 6.45) is -2.47. The fourth-order valence-electron chi connectivity index (χ4n) is 0.828. The number of thiocarbonyl (C=S) groups is 1. The van der Waals surface area contributed by atoms with Crippen molar-refractivity contribution in [3.8, 4) is 0 Å². The van der Waals surface area contributed by atoms with Crippen molar-refractivity contribution >= 4 is 17.2 Å². The van der Waals surface area contributed by atoms with E-state index in [1.807, 2.05) is 0 Å². The molecule has 4 heteroatoms. The average Bonchev–Trinajstić information content (AvgIpc) is 2.04. The summed E-state index contributed by atoms with van der Waals surface area (Å²) in [6.45, 7) is 0. The van der Waals surface area contributed by atoms with Crippen molar-refractivity contribution in [2.24, 2.45) is 5.73 Å². The molecule has 0 radical (unpaired) electrons. The first-order valence-electron chi connectivity index (χ1n) is 3.29. The molecule has 2 N–H and O–H groups in total. The topological polar surface area (TPSA) is 26.0 Å². The highest BCUT2D eigenvalue weighted by atomic mass is 32.1. The third-order valence-electron chi connectivity index (χ3n) is 1.42. The van der Waals surface area contributed by atoms with Gasteiger partial charge in [-0.2, -0.15) is 0 Å². The zero-order valence-electron chi connectivity index (χ0n) is 6.13. The van der Waals surface area contributed by atoms with Crippen molar-refractivity contribution in [3.05, 3.63) is 35.4 Å². The van der Waals surface area contributed by atoms with E-state index < -0.39 is 6.43 Å². The van der Waals surface area contributed by atoms with E-state index in [-0.39, 0.29) is 10.6 Å². The summed E-state index contributed by atoms with van der Waals surface area (Å²) < 4.78 is 24.3. The summed E-state index contributed by atoms with van der Waals surface area (Å²) in [5.41, 5.74) is 5.69. The van der Waals surface area contributed by atoms with Crippen molar-refractivity contribution in [2.75, 3.05) is 0 Å². The SMILES string of the molecule is NC(=S)c1cccc(C(F)F)c1. The summed E-state index contributed by atoms with van der Waals surface area (Å²) in [6, 6.07) is 5.75. The van der Waals surface area contributed by atoms with Gasteiger partial charge in [0, 0.05) is 11.1 Å². The molecule has 0 amide bonds. The number of hydrogen-bond donors (Lipinski definition) is 1. The van der Waals surface area contributed by atoms with Crippen molar-refractivity contribution < 1.29 is 8.78 Å². The van der Waals surface area contributed by atoms with Gasteiger partial charge in [-0.3, -0.25) is 0 Å². The highest BCUT2D eigenvalue weighted by Crippen LogP contribution is 2.19. The van der Waals surface area contributed by atoms with E-state index in [1.54, 1.807) is 6.07 Å². The molecule has 0 aliphatic rings. The number of nitrogens with two attached hydrogens (primary N) is 1. The van der Waals surface area contributed by atoms with E-state index in [9.17, 15) is 8.78 Å². The lowest BCUT2D eigenvalue weighted by atomic mass is 10.1. The smallest absolute Gasteiger partial charge is 0.263 e. The van der Waals surface area contributed by atoms with E-state index in [4.69, 9.17) is 5.73 Å². The van der Waals surface area contributed by atoms with Crippen LogP contribution in [0.4, 0.5) is 8.78 Å². The maximum atomic E-state index is 12.1. The van der Waals surface area contributed by atoms with Crippen LogP contribution in [0, 0.1) is 0 Å². The summed E-state index contributed by atoms with van der Waals surface area (Å²) in [5, 5.41) is 0. The van der Waals surface area contributed by atoms with Crippen LogP contribution >= 0.6 is 12.2 Å². The van der Waals surface area contributed by atoms with Crippen LogP contribution in [0.5, 0.6) is 0 Å². The molecule has 1 rings (SSSR count). The zero-order valence-corrected chi connectivity index (χ0v) is 6.94. The minimum atomic E-state index is -2.47. The second kappa shape index (κ2) is 3.58. The molecular formula is C8H7F2NS. The summed E-state index contributed by atoms with van der Waals surface area (Å²) in [4.78, 5) is 0.137. The summed E-state index contributed by atoms with van der Waals surface area (Å²) in [7, 11) is 0. The van der Waals surface area contributed by atoms with Crippen LogP contribution in [0.25, 0.3) is 0 Å². The lowest BCUT2D eigenvalue weighted by Gasteiger charge is -2.01. The largest absolute Gasteiger partial charge is 0.389 e. The van der Waals surface area contributed by atoms with Crippen LogP contribution in [0.15, 0.2) is 24.3 Å². The summed E-state index contributed by atoms with van der Waals surface area (Å²) in [5.74, 6) is 0. The van der Waals surface area contributed by atoms with E-state index >= 15 is 0 Å². The van der Waals surface area contributed by atoms with Crippen LogP contribution < -0.4 is 5.73 Å². The van der Waals surface area contributed by atoms with Gasteiger partial charge in [-0.15, -0.1) is 0 Å². The molecule has 0 saturated heterocycles. The molecule has 0 aliphatic carbocycles. The standard InChI is InChI=1S/C8H7F2NS/c9-7(10)5-2-1-3-6(4-5)8(11)12/h1-4,7H,(H2,11,12). The normalized spacial score (nSPS) is 10.2. The van der Waals surface area contributed by atoms with Crippen molar-refractivity contribution in [1.29, 1.82) is 0 Å². The third kappa shape index (κ3) is 1.98. The number of rotatable bonds is 2. The lowest BCUT2D eigenvalue weighted by molar-refractivity contribution is 0.151. The Morgan fingerprint density at radius 2 is 2.08 bits per heavy atom. The Kier molecular flexibility index (Phi) is 2.70. The second-order valence-electron chi connectivity index (χ2n) is 2.29. The van der Waals surface area contributed by atoms with Gasteiger partial charge in [0.05, 0.1) is 0 Å². The predicted octanol–water partition coefficient (Wildman–Crippen LogP) is 2.26. The molecule has 1 aromatic rings. The molecule has 64 valence electrons. The predicted molar refractivity (Wildman–Crippen MR) is 47.3 cm³/mol. The van der Waals surface area contributed by atoms with Crippen LogP contribution in [-0.2, 0) is 0 Å². The van der Waals surface area contributed by atoms with Gasteiger partial charge in [-0.25, -0.2) is 8.78 Å². The van der Waals surface area contributed by atoms with E-state index in [0.717, 1.165) is 0 Å². The number of alkyl halides is 2. The molecular weight excluding hydrogens is 180 g/mol. The van der Waals surface area contributed by atoms with Gasteiger partial charge in [-0.05, 0) is 6.07 Å². The molecule has 0 spiro atoms. The third-order valence-corrected chi connectivity index (χ3v) is 1.66. The first-order chi connectivity index (χ1) is 5.61. The second-order valence-corrected chi connectivity index (χ2v) is 2.73. The molecule has 0 atom stereocenters. The first-order valence-corrected chi connectivity index (χ1v) is 3.70. The van der Waals surface area contributed by atoms with Crippen molar-refractivity contribution in [2.45, 2.75) is 6.43 Å². The molecule has 0 fully saturated rings. The number of halogens is 2. The quantitative estimate of drug-likeness (QED) is 0.719. The molecule has 0 heterocycles. The molecule has 0 aliphatic heterocycles. The van der Waals surface area contributed by atoms with Crippen LogP contribution in [0.2, 0.25) is 0 Å². The van der Waals surface area contributed by atoms with E-state index in [0.29, 0.717) is 5.56 Å². The molecule has 1 nitrogen and oxygen atoms in total. The van der Waals surface area contributed by atoms with Gasteiger partial charge in [0.2, 0.25) is 0 Å². The molecule has 0 aromatic heterocycles. The Morgan fingerprint density at radius 1 is 1.42 bits per heavy atom. The van der Waals surface area contributed by atoms with Gasteiger partial charge in [0.1, 0.15) is 4.99 Å². The van der Waals surface area contributed by atoms with E-state index in [1.165, 1.54) is 18.2 Å². The van der Waals surface area contributed by atoms with Crippen LogP contribution in [0.1, 0.15) is 17.6 Å². The average molecular weight is 187 g/mol. The fourth-order valence-corrected chi connectivity index (χ4v) is 0.955. The van der Waals surface area contributed by atoms with Gasteiger partial charge in [0.25, 0.3) is 6.43 Å². The highest BCUT2D eigenvalue weighted by molar-refractivity contribution is 7.80. The molecule has 12 heavy (non-hydrogen) atoms.